The fourth-order valence-corrected chi connectivity index (χ4v) is 4.60. The summed E-state index contributed by atoms with van der Waals surface area (Å²) in [6.45, 7) is 13.9. The number of nitrogens with one attached hydrogen (secondary N) is 2. The smallest absolute Gasteiger partial charge is 0.211 e. The van der Waals surface area contributed by atoms with Crippen LogP contribution in [0.4, 0.5) is 4.39 Å². The maximum atomic E-state index is 13.6. The zero-order chi connectivity index (χ0) is 22.7. The van der Waals surface area contributed by atoms with Gasteiger partial charge >= 0.3 is 0 Å². The fourth-order valence-electron chi connectivity index (χ4n) is 4.60. The quantitative estimate of drug-likeness (QED) is 0.391. The molecule has 0 radical (unpaired) electrons. The molecule has 2 aliphatic carbocycles. The van der Waals surface area contributed by atoms with E-state index >= 15 is 0 Å². The molecule has 0 spiro atoms. The summed E-state index contributed by atoms with van der Waals surface area (Å²) in [5, 5.41) is 2.53. The summed E-state index contributed by atoms with van der Waals surface area (Å²) in [4.78, 5) is 17.8. The van der Waals surface area contributed by atoms with Crippen LogP contribution in [0.15, 0.2) is 37.6 Å². The number of carbonyl (C=O) groups excluding carboxylic acids is 1. The monoisotopic (exact) mass is 423 g/mol. The van der Waals surface area contributed by atoms with Crippen molar-refractivity contribution in [2.24, 2.45) is 17.8 Å². The van der Waals surface area contributed by atoms with Crippen molar-refractivity contribution in [3.63, 3.8) is 0 Å². The zero-order valence-corrected chi connectivity index (χ0v) is 19.3. The summed E-state index contributed by atoms with van der Waals surface area (Å²) < 4.78 is 13.6. The molecule has 6 heteroatoms. The van der Waals surface area contributed by atoms with Gasteiger partial charge in [0.15, 0.2) is 0 Å². The van der Waals surface area contributed by atoms with E-state index in [1.807, 2.05) is 13.0 Å². The van der Waals surface area contributed by atoms with Crippen molar-refractivity contribution in [1.82, 2.24) is 15.7 Å². The summed E-state index contributed by atoms with van der Waals surface area (Å²) in [5.74, 6) is 1.35. The molecule has 1 amide bonds. The third-order valence-electron chi connectivity index (χ3n) is 6.44. The van der Waals surface area contributed by atoms with E-state index in [1.165, 1.54) is 19.3 Å². The minimum Gasteiger partial charge on any atom is -0.329 e. The first-order valence-electron chi connectivity index (χ1n) is 11.1. The molecule has 172 valence electrons. The first kappa shape index (κ1) is 26.5. The highest BCUT2D eigenvalue weighted by atomic mass is 19.1. The Balaban J connectivity index is 0.000000279. The molecule has 2 N–H and O–H groups in total. The topological polar surface area (TPSA) is 53.6 Å². The number of carbonyl (C=O) groups is 1. The van der Waals surface area contributed by atoms with Crippen LogP contribution in [0.25, 0.3) is 0 Å². The summed E-state index contributed by atoms with van der Waals surface area (Å²) in [5.41, 5.74) is 3.68. The second-order valence-corrected chi connectivity index (χ2v) is 8.88. The van der Waals surface area contributed by atoms with Gasteiger partial charge in [0.1, 0.15) is 6.17 Å². The van der Waals surface area contributed by atoms with Gasteiger partial charge in [-0.1, -0.05) is 19.6 Å². The van der Waals surface area contributed by atoms with Crippen LogP contribution < -0.4 is 10.8 Å². The number of nitrogens with zero attached hydrogens (tertiary/aromatic N) is 1. The number of hydroxylamine groups is 1. The van der Waals surface area contributed by atoms with Gasteiger partial charge in [0.2, 0.25) is 6.41 Å². The number of hydrogen-bond acceptors (Lipinski definition) is 4. The number of amides is 1. The lowest BCUT2D eigenvalue weighted by molar-refractivity contribution is -0.132. The molecule has 7 atom stereocenters. The van der Waals surface area contributed by atoms with Crippen LogP contribution in [0, 0.1) is 17.8 Å². The average molecular weight is 424 g/mol. The van der Waals surface area contributed by atoms with Crippen molar-refractivity contribution >= 4 is 6.41 Å². The number of halogens is 1. The predicted octanol–water partition coefficient (Wildman–Crippen LogP) is 4.39. The third-order valence-corrected chi connectivity index (χ3v) is 6.44. The predicted molar refractivity (Wildman–Crippen MR) is 122 cm³/mol. The summed E-state index contributed by atoms with van der Waals surface area (Å²) >= 11 is 0. The second kappa shape index (κ2) is 13.7. The van der Waals surface area contributed by atoms with Crippen LogP contribution in [0.1, 0.15) is 52.4 Å². The van der Waals surface area contributed by atoms with E-state index in [0.29, 0.717) is 30.0 Å². The van der Waals surface area contributed by atoms with Gasteiger partial charge in [-0.2, -0.15) is 5.48 Å². The van der Waals surface area contributed by atoms with E-state index < -0.39 is 6.17 Å². The molecule has 0 aromatic heterocycles. The molecule has 1 heterocycles. The SMILES string of the molecule is C=C.C=C(/C=C/C1CCC(N(C)C)C1)NC=O.CC1CC2C(F)CCC(C)C2NO1. The summed E-state index contributed by atoms with van der Waals surface area (Å²) in [6, 6.07) is 0.937. The van der Waals surface area contributed by atoms with E-state index in [9.17, 15) is 9.18 Å². The van der Waals surface area contributed by atoms with Gasteiger partial charge in [-0.05, 0) is 77.5 Å². The normalized spacial score (nSPS) is 35.5. The van der Waals surface area contributed by atoms with Crippen LogP contribution in [0.5, 0.6) is 0 Å². The number of hydrogen-bond donors (Lipinski definition) is 2. The molecule has 2 saturated carbocycles. The van der Waals surface area contributed by atoms with E-state index in [0.717, 1.165) is 19.3 Å². The first-order valence-corrected chi connectivity index (χ1v) is 11.1. The molecular formula is C24H42FN3O2. The lowest BCUT2D eigenvalue weighted by Crippen LogP contribution is -2.54. The molecule has 0 aromatic rings. The molecule has 30 heavy (non-hydrogen) atoms. The molecule has 3 fully saturated rings. The molecule has 0 bridgehead atoms. The highest BCUT2D eigenvalue weighted by molar-refractivity contribution is 5.51. The Bertz CT molecular complexity index is 555. The van der Waals surface area contributed by atoms with E-state index in [-0.39, 0.29) is 18.1 Å². The molecule has 3 aliphatic rings. The summed E-state index contributed by atoms with van der Waals surface area (Å²) in [7, 11) is 4.26. The van der Waals surface area contributed by atoms with Crippen molar-refractivity contribution in [1.29, 1.82) is 0 Å². The van der Waals surface area contributed by atoms with Gasteiger partial charge in [0.05, 0.1) is 6.10 Å². The molecule has 7 unspecified atom stereocenters. The van der Waals surface area contributed by atoms with Gasteiger partial charge in [0.25, 0.3) is 0 Å². The second-order valence-electron chi connectivity index (χ2n) is 8.88. The number of alkyl halides is 1. The van der Waals surface area contributed by atoms with Crippen molar-refractivity contribution in [2.45, 2.75) is 76.7 Å². The van der Waals surface area contributed by atoms with Gasteiger partial charge in [0, 0.05) is 23.7 Å². The van der Waals surface area contributed by atoms with Crippen LogP contribution >= 0.6 is 0 Å². The highest BCUT2D eigenvalue weighted by Gasteiger charge is 2.41. The van der Waals surface area contributed by atoms with Crippen molar-refractivity contribution in [2.75, 3.05) is 14.1 Å². The molecule has 5 nitrogen and oxygen atoms in total. The van der Waals surface area contributed by atoms with Crippen LogP contribution in [-0.2, 0) is 9.63 Å². The van der Waals surface area contributed by atoms with Crippen LogP contribution in [-0.4, -0.2) is 49.8 Å². The van der Waals surface area contributed by atoms with Crippen molar-refractivity contribution in [3.05, 3.63) is 37.6 Å². The Morgan fingerprint density at radius 3 is 2.47 bits per heavy atom. The minimum absolute atomic E-state index is 0.157. The van der Waals surface area contributed by atoms with E-state index in [4.69, 9.17) is 4.84 Å². The Kier molecular flexibility index (Phi) is 12.1. The molecular weight excluding hydrogens is 381 g/mol. The first-order chi connectivity index (χ1) is 14.3. The van der Waals surface area contributed by atoms with Gasteiger partial charge in [-0.15, -0.1) is 13.2 Å². The lowest BCUT2D eigenvalue weighted by atomic mass is 9.74. The lowest BCUT2D eigenvalue weighted by Gasteiger charge is -2.43. The van der Waals surface area contributed by atoms with Gasteiger partial charge in [-0.3, -0.25) is 9.63 Å². The number of rotatable bonds is 5. The molecule has 3 rings (SSSR count). The standard InChI is InChI=1S/C12H20N2O.C10H18FNO.C2H4/c1-10(13-9-15)4-5-11-6-7-12(8-11)14(2)3;1-6-3-4-9(11)8-5-7(2)13-12-10(6)8;1-2/h4-5,9,11-12H,1,6-8H2,2-3H3,(H,13,15);6-10,12H,3-5H2,1-2H3;1-2H2/b5-4+;;. The Morgan fingerprint density at radius 2 is 1.87 bits per heavy atom. The maximum Gasteiger partial charge on any atom is 0.211 e. The molecule has 0 aromatic carbocycles. The van der Waals surface area contributed by atoms with Crippen LogP contribution in [0.2, 0.25) is 0 Å². The fraction of sp³-hybridized carbons (Fsp3) is 0.708. The maximum absolute atomic E-state index is 13.6. The van der Waals surface area contributed by atoms with E-state index in [2.05, 4.69) is 62.5 Å². The largest absolute Gasteiger partial charge is 0.329 e. The van der Waals surface area contributed by atoms with Gasteiger partial charge < -0.3 is 10.2 Å². The zero-order valence-electron chi connectivity index (χ0n) is 19.3. The van der Waals surface area contributed by atoms with E-state index in [1.54, 1.807) is 0 Å². The third kappa shape index (κ3) is 8.32. The summed E-state index contributed by atoms with van der Waals surface area (Å²) in [6.07, 6.45) is 10.5. The Labute approximate surface area is 182 Å². The van der Waals surface area contributed by atoms with Crippen LogP contribution in [0.3, 0.4) is 0 Å². The van der Waals surface area contributed by atoms with Crippen molar-refractivity contribution < 1.29 is 14.0 Å². The Morgan fingerprint density at radius 1 is 1.17 bits per heavy atom. The van der Waals surface area contributed by atoms with Crippen molar-refractivity contribution in [3.8, 4) is 0 Å². The minimum atomic E-state index is -0.625. The molecule has 1 aliphatic heterocycles. The average Bonchev–Trinajstić information content (AvgIpc) is 3.21. The number of fused-ring (bicyclic) bond motifs is 1. The number of allylic oxidation sites excluding steroid dienone is 2. The Hall–Kier alpha value is -1.50. The highest BCUT2D eigenvalue weighted by Crippen LogP contribution is 2.36. The molecule has 1 saturated heterocycles. The van der Waals surface area contributed by atoms with Gasteiger partial charge in [-0.25, -0.2) is 4.39 Å².